The molecule has 1 aliphatic heterocycles. The molecule has 1 heterocycles. The number of hydrogen-bond acceptors (Lipinski definition) is 4. The first-order valence-electron chi connectivity index (χ1n) is 10.8. The number of benzene rings is 2. The normalized spacial score (nSPS) is 17.8. The maximum absolute atomic E-state index is 12.8. The molecule has 0 spiro atoms. The molecule has 7 heteroatoms. The summed E-state index contributed by atoms with van der Waals surface area (Å²) in [6, 6.07) is 13.3. The molecule has 3 rings (SSSR count). The van der Waals surface area contributed by atoms with Gasteiger partial charge in [0, 0.05) is 31.4 Å². The largest absolute Gasteiger partial charge is 0.371 e. The SMILES string of the molecule is Cc1ccc(C(=O)N[C@@H](C)c2ccc(N3CCC[C@H](C)C3)cc2)cc1N(C)S(C)(=O)=O. The Labute approximate surface area is 186 Å². The maximum atomic E-state index is 12.8. The smallest absolute Gasteiger partial charge is 0.251 e. The molecule has 0 aromatic heterocycles. The van der Waals surface area contributed by atoms with Crippen LogP contribution in [0, 0.1) is 12.8 Å². The molecular formula is C24H33N3O3S. The van der Waals surface area contributed by atoms with Gasteiger partial charge in [-0.15, -0.1) is 0 Å². The van der Waals surface area contributed by atoms with E-state index in [2.05, 4.69) is 41.4 Å². The summed E-state index contributed by atoms with van der Waals surface area (Å²) >= 11 is 0. The molecule has 1 fully saturated rings. The quantitative estimate of drug-likeness (QED) is 0.729. The van der Waals surface area contributed by atoms with E-state index in [4.69, 9.17) is 0 Å². The zero-order valence-electron chi connectivity index (χ0n) is 19.1. The minimum atomic E-state index is -3.41. The number of piperidine rings is 1. The molecule has 1 saturated heterocycles. The van der Waals surface area contributed by atoms with Crippen LogP contribution in [-0.4, -0.2) is 40.7 Å². The van der Waals surface area contributed by atoms with E-state index in [9.17, 15) is 13.2 Å². The van der Waals surface area contributed by atoms with Crippen molar-refractivity contribution >= 4 is 27.3 Å². The van der Waals surface area contributed by atoms with Crippen molar-refractivity contribution in [3.63, 3.8) is 0 Å². The lowest BCUT2D eigenvalue weighted by Gasteiger charge is -2.33. The van der Waals surface area contributed by atoms with Crippen molar-refractivity contribution in [3.8, 4) is 0 Å². The summed E-state index contributed by atoms with van der Waals surface area (Å²) in [6.07, 6.45) is 3.66. The number of carbonyl (C=O) groups is 1. The van der Waals surface area contributed by atoms with Crippen molar-refractivity contribution in [2.45, 2.75) is 39.7 Å². The lowest BCUT2D eigenvalue weighted by molar-refractivity contribution is 0.0940. The highest BCUT2D eigenvalue weighted by Crippen LogP contribution is 2.26. The molecule has 0 saturated carbocycles. The van der Waals surface area contributed by atoms with Gasteiger partial charge < -0.3 is 10.2 Å². The van der Waals surface area contributed by atoms with E-state index in [1.807, 2.05) is 13.8 Å². The molecule has 6 nitrogen and oxygen atoms in total. The molecule has 0 aliphatic carbocycles. The Hall–Kier alpha value is -2.54. The van der Waals surface area contributed by atoms with Crippen molar-refractivity contribution in [2.24, 2.45) is 5.92 Å². The molecule has 0 unspecified atom stereocenters. The van der Waals surface area contributed by atoms with Crippen LogP contribution in [-0.2, 0) is 10.0 Å². The van der Waals surface area contributed by atoms with E-state index < -0.39 is 10.0 Å². The van der Waals surface area contributed by atoms with Crippen LogP contribution in [0.25, 0.3) is 0 Å². The summed E-state index contributed by atoms with van der Waals surface area (Å²) in [6.45, 7) is 8.25. The number of aryl methyl sites for hydroxylation is 1. The fourth-order valence-electron chi connectivity index (χ4n) is 4.03. The zero-order valence-corrected chi connectivity index (χ0v) is 19.9. The lowest BCUT2D eigenvalue weighted by Crippen LogP contribution is -2.34. The van der Waals surface area contributed by atoms with E-state index in [0.717, 1.165) is 30.5 Å². The molecule has 1 amide bonds. The monoisotopic (exact) mass is 443 g/mol. The molecule has 2 atom stereocenters. The number of amides is 1. The number of nitrogens with zero attached hydrogens (tertiary/aromatic N) is 2. The van der Waals surface area contributed by atoms with Crippen LogP contribution < -0.4 is 14.5 Å². The van der Waals surface area contributed by atoms with Crippen molar-refractivity contribution in [1.82, 2.24) is 5.32 Å². The highest BCUT2D eigenvalue weighted by atomic mass is 32.2. The Kier molecular flexibility index (Phi) is 6.94. The molecule has 2 aromatic carbocycles. The van der Waals surface area contributed by atoms with Crippen LogP contribution >= 0.6 is 0 Å². The fraction of sp³-hybridized carbons (Fsp3) is 0.458. The first-order chi connectivity index (χ1) is 14.6. The van der Waals surface area contributed by atoms with Crippen LogP contribution in [0.4, 0.5) is 11.4 Å². The summed E-state index contributed by atoms with van der Waals surface area (Å²) < 4.78 is 25.0. The fourth-order valence-corrected chi connectivity index (χ4v) is 4.58. The average molecular weight is 444 g/mol. The molecule has 0 radical (unpaired) electrons. The minimum absolute atomic E-state index is 0.167. The third-order valence-electron chi connectivity index (χ3n) is 6.07. The van der Waals surface area contributed by atoms with Gasteiger partial charge in [-0.05, 0) is 68.0 Å². The predicted molar refractivity (Wildman–Crippen MR) is 127 cm³/mol. The number of carbonyl (C=O) groups excluding carboxylic acids is 1. The molecule has 31 heavy (non-hydrogen) atoms. The first kappa shape index (κ1) is 23.1. The highest BCUT2D eigenvalue weighted by Gasteiger charge is 2.19. The second kappa shape index (κ2) is 9.30. The Balaban J connectivity index is 1.70. The van der Waals surface area contributed by atoms with Gasteiger partial charge in [0.05, 0.1) is 18.0 Å². The molecule has 1 N–H and O–H groups in total. The van der Waals surface area contributed by atoms with E-state index in [-0.39, 0.29) is 11.9 Å². The van der Waals surface area contributed by atoms with E-state index in [0.29, 0.717) is 17.2 Å². The average Bonchev–Trinajstić information content (AvgIpc) is 2.73. The van der Waals surface area contributed by atoms with Gasteiger partial charge in [0.2, 0.25) is 10.0 Å². The van der Waals surface area contributed by atoms with Crippen LogP contribution in [0.1, 0.15) is 54.2 Å². The second-order valence-corrected chi connectivity index (χ2v) is 10.7. The third kappa shape index (κ3) is 5.58. The summed E-state index contributed by atoms with van der Waals surface area (Å²) in [4.78, 5) is 15.3. The number of rotatable bonds is 6. The van der Waals surface area contributed by atoms with Gasteiger partial charge in [0.15, 0.2) is 0 Å². The minimum Gasteiger partial charge on any atom is -0.371 e. The van der Waals surface area contributed by atoms with E-state index in [1.54, 1.807) is 18.2 Å². The Bertz CT molecular complexity index is 1030. The van der Waals surface area contributed by atoms with Gasteiger partial charge in [-0.3, -0.25) is 9.10 Å². The highest BCUT2D eigenvalue weighted by molar-refractivity contribution is 7.92. The first-order valence-corrected chi connectivity index (χ1v) is 12.6. The van der Waals surface area contributed by atoms with Crippen molar-refractivity contribution in [1.29, 1.82) is 0 Å². The Morgan fingerprint density at radius 2 is 1.87 bits per heavy atom. The molecule has 0 bridgehead atoms. The van der Waals surface area contributed by atoms with Gasteiger partial charge >= 0.3 is 0 Å². The van der Waals surface area contributed by atoms with Gasteiger partial charge in [-0.1, -0.05) is 25.1 Å². The molecular weight excluding hydrogens is 410 g/mol. The Morgan fingerprint density at radius 3 is 2.48 bits per heavy atom. The standard InChI is InChI=1S/C24H33N3O3S/c1-17-7-6-14-27(16-17)22-12-10-20(11-13-22)19(3)25-24(28)21-9-8-18(2)23(15-21)26(4)31(5,29)30/h8-13,15,17,19H,6-7,14,16H2,1-5H3,(H,25,28)/t17-,19-/m0/s1. The van der Waals surface area contributed by atoms with Gasteiger partial charge in [-0.2, -0.15) is 0 Å². The van der Waals surface area contributed by atoms with Crippen molar-refractivity contribution in [2.75, 3.05) is 35.6 Å². The van der Waals surface area contributed by atoms with Crippen molar-refractivity contribution in [3.05, 3.63) is 59.2 Å². The number of anilines is 2. The molecule has 2 aromatic rings. The predicted octanol–water partition coefficient (Wildman–Crippen LogP) is 4.12. The summed E-state index contributed by atoms with van der Waals surface area (Å²) in [5.74, 6) is 0.484. The van der Waals surface area contributed by atoms with Crippen LogP contribution in [0.15, 0.2) is 42.5 Å². The summed E-state index contributed by atoms with van der Waals surface area (Å²) in [5.41, 5.74) is 3.98. The van der Waals surface area contributed by atoms with Crippen molar-refractivity contribution < 1.29 is 13.2 Å². The van der Waals surface area contributed by atoms with Gasteiger partial charge in [0.1, 0.15) is 0 Å². The second-order valence-electron chi connectivity index (χ2n) is 8.71. The van der Waals surface area contributed by atoms with Crippen LogP contribution in [0.2, 0.25) is 0 Å². The topological polar surface area (TPSA) is 69.7 Å². The zero-order chi connectivity index (χ0) is 22.8. The van der Waals surface area contributed by atoms with Gasteiger partial charge in [-0.25, -0.2) is 8.42 Å². The molecule has 168 valence electrons. The number of sulfonamides is 1. The number of hydrogen-bond donors (Lipinski definition) is 1. The van der Waals surface area contributed by atoms with Crippen LogP contribution in [0.5, 0.6) is 0 Å². The molecule has 1 aliphatic rings. The summed E-state index contributed by atoms with van der Waals surface area (Å²) in [7, 11) is -1.91. The van der Waals surface area contributed by atoms with Crippen LogP contribution in [0.3, 0.4) is 0 Å². The van der Waals surface area contributed by atoms with Gasteiger partial charge in [0.25, 0.3) is 5.91 Å². The third-order valence-corrected chi connectivity index (χ3v) is 7.26. The van der Waals surface area contributed by atoms with E-state index in [1.165, 1.54) is 29.9 Å². The lowest BCUT2D eigenvalue weighted by atomic mass is 9.99. The summed E-state index contributed by atoms with van der Waals surface area (Å²) in [5, 5.41) is 3.02. The Morgan fingerprint density at radius 1 is 1.19 bits per heavy atom. The maximum Gasteiger partial charge on any atom is 0.251 e. The number of nitrogens with one attached hydrogen (secondary N) is 1. The van der Waals surface area contributed by atoms with E-state index >= 15 is 0 Å².